The average Bonchev–Trinajstić information content (AvgIpc) is 3.02. The van der Waals surface area contributed by atoms with E-state index >= 15 is 0 Å². The van der Waals surface area contributed by atoms with E-state index in [2.05, 4.69) is 5.32 Å². The van der Waals surface area contributed by atoms with Crippen molar-refractivity contribution in [3.63, 3.8) is 0 Å². The van der Waals surface area contributed by atoms with Gasteiger partial charge >= 0.3 is 0 Å². The monoisotopic (exact) mass is 345 g/mol. The number of carbonyl (C=O) groups is 1. The largest absolute Gasteiger partial charge is 0.324 e. The van der Waals surface area contributed by atoms with Crippen LogP contribution in [0.1, 0.15) is 16.7 Å². The molecule has 0 saturated heterocycles. The Morgan fingerprint density at radius 1 is 0.720 bits per heavy atom. The van der Waals surface area contributed by atoms with Crippen LogP contribution in [-0.4, -0.2) is 5.91 Å². The van der Waals surface area contributed by atoms with E-state index in [1.165, 1.54) is 0 Å². The van der Waals surface area contributed by atoms with Gasteiger partial charge in [-0.15, -0.1) is 0 Å². The first kappa shape index (κ1) is 15.7. The third-order valence-electron chi connectivity index (χ3n) is 4.58. The van der Waals surface area contributed by atoms with Gasteiger partial charge in [-0.25, -0.2) is 0 Å². The fourth-order valence-electron chi connectivity index (χ4n) is 3.32. The predicted molar refractivity (Wildman–Crippen MR) is 101 cm³/mol. The van der Waals surface area contributed by atoms with Gasteiger partial charge in [0.1, 0.15) is 5.41 Å². The summed E-state index contributed by atoms with van der Waals surface area (Å²) in [5, 5.41) is 3.73. The topological polar surface area (TPSA) is 29.1 Å². The second kappa shape index (κ2) is 6.23. The van der Waals surface area contributed by atoms with E-state index in [4.69, 9.17) is 11.6 Å². The zero-order valence-corrected chi connectivity index (χ0v) is 14.2. The van der Waals surface area contributed by atoms with Gasteiger partial charge in [0.15, 0.2) is 0 Å². The molecule has 0 aromatic heterocycles. The minimum atomic E-state index is -0.836. The van der Waals surface area contributed by atoms with E-state index in [1.54, 1.807) is 0 Å². The van der Waals surface area contributed by atoms with Crippen molar-refractivity contribution in [3.05, 3.63) is 113 Å². The van der Waals surface area contributed by atoms with Gasteiger partial charge in [0.05, 0.1) is 0 Å². The Morgan fingerprint density at radius 2 is 1.24 bits per heavy atom. The smallest absolute Gasteiger partial charge is 0.243 e. The van der Waals surface area contributed by atoms with Crippen molar-refractivity contribution in [2.75, 3.05) is 0 Å². The Balaban J connectivity index is 1.92. The minimum Gasteiger partial charge on any atom is -0.324 e. The second-order valence-corrected chi connectivity index (χ2v) is 6.50. The van der Waals surface area contributed by atoms with Gasteiger partial charge in [-0.05, 0) is 34.9 Å². The molecule has 0 fully saturated rings. The van der Waals surface area contributed by atoms with Crippen molar-refractivity contribution in [1.29, 1.82) is 0 Å². The third-order valence-corrected chi connectivity index (χ3v) is 4.83. The van der Waals surface area contributed by atoms with Crippen molar-refractivity contribution < 1.29 is 4.79 Å². The molecule has 1 aliphatic rings. The molecule has 0 bridgehead atoms. The van der Waals surface area contributed by atoms with Crippen LogP contribution in [0.5, 0.6) is 0 Å². The van der Waals surface area contributed by atoms with Crippen LogP contribution in [0.15, 0.2) is 91.0 Å². The Hall–Kier alpha value is -2.84. The van der Waals surface area contributed by atoms with Gasteiger partial charge in [-0.3, -0.25) is 4.79 Å². The fourth-order valence-corrected chi connectivity index (χ4v) is 3.45. The first-order valence-electron chi connectivity index (χ1n) is 8.11. The molecule has 25 heavy (non-hydrogen) atoms. The van der Waals surface area contributed by atoms with Crippen LogP contribution in [0.3, 0.4) is 0 Å². The summed E-state index contributed by atoms with van der Waals surface area (Å²) < 4.78 is 0. The molecule has 3 heteroatoms. The summed E-state index contributed by atoms with van der Waals surface area (Å²) in [6.07, 6.45) is 2.02. The molecule has 0 saturated carbocycles. The number of benzene rings is 3. The maximum Gasteiger partial charge on any atom is 0.243 e. The predicted octanol–water partition coefficient (Wildman–Crippen LogP) is 4.80. The molecule has 122 valence electrons. The summed E-state index contributed by atoms with van der Waals surface area (Å²) in [5.41, 5.74) is 2.79. The summed E-state index contributed by atoms with van der Waals surface area (Å²) in [6, 6.07) is 27.2. The lowest BCUT2D eigenvalue weighted by atomic mass is 9.74. The van der Waals surface area contributed by atoms with Crippen LogP contribution in [0, 0.1) is 0 Å². The fraction of sp³-hybridized carbons (Fsp3) is 0.0455. The lowest BCUT2D eigenvalue weighted by Gasteiger charge is -2.26. The van der Waals surface area contributed by atoms with E-state index in [0.717, 1.165) is 22.4 Å². The molecular formula is C22H16ClNO. The number of halogens is 1. The van der Waals surface area contributed by atoms with Gasteiger partial charge in [-0.1, -0.05) is 84.4 Å². The SMILES string of the molecule is O=C1NC(c2ccc(Cl)cc2)=CC1(c1ccccc1)c1ccccc1. The maximum absolute atomic E-state index is 13.2. The molecule has 3 aromatic rings. The van der Waals surface area contributed by atoms with E-state index < -0.39 is 5.41 Å². The Morgan fingerprint density at radius 3 is 1.76 bits per heavy atom. The Bertz CT molecular complexity index is 891. The lowest BCUT2D eigenvalue weighted by Crippen LogP contribution is -2.37. The van der Waals surface area contributed by atoms with Crippen LogP contribution in [0.4, 0.5) is 0 Å². The zero-order chi connectivity index (χ0) is 17.3. The van der Waals surface area contributed by atoms with Crippen molar-refractivity contribution >= 4 is 23.2 Å². The van der Waals surface area contributed by atoms with E-state index in [-0.39, 0.29) is 5.91 Å². The van der Waals surface area contributed by atoms with E-state index in [9.17, 15) is 4.79 Å². The van der Waals surface area contributed by atoms with Crippen LogP contribution in [-0.2, 0) is 10.2 Å². The zero-order valence-electron chi connectivity index (χ0n) is 13.4. The standard InChI is InChI=1S/C22H16ClNO/c23-19-13-11-16(12-14-19)20-15-22(21(25)24-20,17-7-3-1-4-8-17)18-9-5-2-6-10-18/h1-15H,(H,24,25). The first-order valence-corrected chi connectivity index (χ1v) is 8.49. The van der Waals surface area contributed by atoms with Crippen LogP contribution >= 0.6 is 11.6 Å². The number of rotatable bonds is 3. The van der Waals surface area contributed by atoms with Crippen molar-refractivity contribution in [3.8, 4) is 0 Å². The average molecular weight is 346 g/mol. The number of hydrogen-bond donors (Lipinski definition) is 1. The minimum absolute atomic E-state index is 0.0464. The number of amides is 1. The van der Waals surface area contributed by atoms with Crippen molar-refractivity contribution in [2.45, 2.75) is 5.41 Å². The quantitative estimate of drug-likeness (QED) is 0.726. The highest BCUT2D eigenvalue weighted by Crippen LogP contribution is 2.40. The molecule has 0 aliphatic carbocycles. The number of hydrogen-bond acceptors (Lipinski definition) is 1. The molecule has 0 atom stereocenters. The summed E-state index contributed by atoms with van der Waals surface area (Å²) in [4.78, 5) is 13.2. The number of nitrogens with one attached hydrogen (secondary N) is 1. The van der Waals surface area contributed by atoms with Gasteiger partial charge in [0, 0.05) is 10.7 Å². The van der Waals surface area contributed by atoms with Crippen LogP contribution in [0.25, 0.3) is 5.70 Å². The summed E-state index contributed by atoms with van der Waals surface area (Å²) in [7, 11) is 0. The summed E-state index contributed by atoms with van der Waals surface area (Å²) in [5.74, 6) is -0.0464. The molecule has 1 aliphatic heterocycles. The highest BCUT2D eigenvalue weighted by Gasteiger charge is 2.44. The first-order chi connectivity index (χ1) is 12.2. The van der Waals surface area contributed by atoms with Crippen molar-refractivity contribution in [2.24, 2.45) is 0 Å². The van der Waals surface area contributed by atoms with Gasteiger partial charge in [0.25, 0.3) is 0 Å². The molecule has 0 unspecified atom stereocenters. The Labute approximate surface area is 151 Å². The third kappa shape index (κ3) is 2.65. The molecule has 2 nitrogen and oxygen atoms in total. The highest BCUT2D eigenvalue weighted by atomic mass is 35.5. The molecule has 0 radical (unpaired) electrons. The van der Waals surface area contributed by atoms with Gasteiger partial charge in [0.2, 0.25) is 5.91 Å². The molecule has 0 spiro atoms. The number of carbonyl (C=O) groups excluding carboxylic acids is 1. The van der Waals surface area contributed by atoms with E-state index in [1.807, 2.05) is 91.0 Å². The molecule has 1 amide bonds. The van der Waals surface area contributed by atoms with Crippen molar-refractivity contribution in [1.82, 2.24) is 5.32 Å². The maximum atomic E-state index is 13.2. The molecule has 3 aromatic carbocycles. The second-order valence-electron chi connectivity index (χ2n) is 6.06. The Kier molecular flexibility index (Phi) is 3.90. The summed E-state index contributed by atoms with van der Waals surface area (Å²) >= 11 is 5.99. The van der Waals surface area contributed by atoms with Gasteiger partial charge in [-0.2, -0.15) is 0 Å². The summed E-state index contributed by atoms with van der Waals surface area (Å²) in [6.45, 7) is 0. The van der Waals surface area contributed by atoms with Crippen LogP contribution in [0.2, 0.25) is 5.02 Å². The molecular weight excluding hydrogens is 330 g/mol. The molecule has 1 N–H and O–H groups in total. The van der Waals surface area contributed by atoms with Crippen LogP contribution < -0.4 is 5.32 Å². The molecule has 4 rings (SSSR count). The lowest BCUT2D eigenvalue weighted by molar-refractivity contribution is -0.121. The van der Waals surface area contributed by atoms with E-state index in [0.29, 0.717) is 5.02 Å². The normalized spacial score (nSPS) is 15.6. The van der Waals surface area contributed by atoms with Gasteiger partial charge < -0.3 is 5.32 Å². The highest BCUT2D eigenvalue weighted by molar-refractivity contribution is 6.30. The molecule has 1 heterocycles.